The Balaban J connectivity index is 2.15. The highest BCUT2D eigenvalue weighted by molar-refractivity contribution is 5.82. The van der Waals surface area contributed by atoms with E-state index in [9.17, 15) is 9.50 Å². The van der Waals surface area contributed by atoms with Gasteiger partial charge in [-0.15, -0.1) is 0 Å². The zero-order valence-corrected chi connectivity index (χ0v) is 11.0. The molecule has 3 rings (SSSR count). The number of halogens is 1. The number of aliphatic hydroxyl groups is 1. The molecule has 1 aromatic heterocycles. The summed E-state index contributed by atoms with van der Waals surface area (Å²) < 4.78 is 13.2. The Kier molecular flexibility index (Phi) is 3.20. The number of fused-ring (bicyclic) bond motifs is 1. The molecule has 0 aliphatic carbocycles. The van der Waals surface area contributed by atoms with E-state index in [2.05, 4.69) is 4.98 Å². The van der Waals surface area contributed by atoms with Gasteiger partial charge in [0, 0.05) is 11.6 Å². The molecule has 100 valence electrons. The molecule has 0 spiro atoms. The highest BCUT2D eigenvalue weighted by atomic mass is 19.1. The summed E-state index contributed by atoms with van der Waals surface area (Å²) in [5.74, 6) is -0.293. The van der Waals surface area contributed by atoms with Gasteiger partial charge in [-0.1, -0.05) is 24.3 Å². The van der Waals surface area contributed by atoms with Crippen molar-refractivity contribution in [2.45, 2.75) is 13.0 Å². The van der Waals surface area contributed by atoms with E-state index in [1.807, 2.05) is 30.3 Å². The van der Waals surface area contributed by atoms with Crippen LogP contribution in [0.15, 0.2) is 54.7 Å². The van der Waals surface area contributed by atoms with Crippen LogP contribution in [0.4, 0.5) is 4.39 Å². The summed E-state index contributed by atoms with van der Waals surface area (Å²) in [7, 11) is 0. The maximum atomic E-state index is 13.2. The lowest BCUT2D eigenvalue weighted by molar-refractivity contribution is 0.221. The van der Waals surface area contributed by atoms with E-state index in [0.717, 1.165) is 22.0 Å². The van der Waals surface area contributed by atoms with Crippen LogP contribution in [0.1, 0.15) is 22.8 Å². The van der Waals surface area contributed by atoms with Crippen LogP contribution in [0.3, 0.4) is 0 Å². The van der Waals surface area contributed by atoms with Crippen molar-refractivity contribution >= 4 is 10.9 Å². The minimum Gasteiger partial charge on any atom is -0.384 e. The number of benzene rings is 2. The molecule has 0 saturated heterocycles. The molecule has 0 amide bonds. The fraction of sp³-hybridized carbons (Fsp3) is 0.118. The number of pyridine rings is 1. The quantitative estimate of drug-likeness (QED) is 0.766. The zero-order valence-electron chi connectivity index (χ0n) is 11.0. The summed E-state index contributed by atoms with van der Waals surface area (Å²) in [6.45, 7) is 1.80. The molecule has 2 aromatic carbocycles. The SMILES string of the molecule is Cc1cc(F)ccc1C(O)c1cccc2ncccc12. The molecule has 1 heterocycles. The zero-order chi connectivity index (χ0) is 14.1. The Morgan fingerprint density at radius 1 is 1.05 bits per heavy atom. The van der Waals surface area contributed by atoms with E-state index in [0.29, 0.717) is 5.56 Å². The number of aliphatic hydroxyl groups excluding tert-OH is 1. The van der Waals surface area contributed by atoms with Gasteiger partial charge in [-0.25, -0.2) is 4.39 Å². The van der Waals surface area contributed by atoms with E-state index in [1.165, 1.54) is 12.1 Å². The van der Waals surface area contributed by atoms with Crippen LogP contribution < -0.4 is 0 Å². The highest BCUT2D eigenvalue weighted by Gasteiger charge is 2.16. The summed E-state index contributed by atoms with van der Waals surface area (Å²) in [5, 5.41) is 11.5. The molecule has 0 bridgehead atoms. The average Bonchev–Trinajstić information content (AvgIpc) is 2.46. The Labute approximate surface area is 116 Å². The van der Waals surface area contributed by atoms with Crippen LogP contribution >= 0.6 is 0 Å². The van der Waals surface area contributed by atoms with Gasteiger partial charge in [-0.2, -0.15) is 0 Å². The topological polar surface area (TPSA) is 33.1 Å². The highest BCUT2D eigenvalue weighted by Crippen LogP contribution is 2.29. The smallest absolute Gasteiger partial charge is 0.123 e. The summed E-state index contributed by atoms with van der Waals surface area (Å²) in [6.07, 6.45) is 0.935. The second-order valence-electron chi connectivity index (χ2n) is 4.82. The van der Waals surface area contributed by atoms with E-state index < -0.39 is 6.10 Å². The number of rotatable bonds is 2. The van der Waals surface area contributed by atoms with E-state index in [4.69, 9.17) is 0 Å². The first-order chi connectivity index (χ1) is 9.66. The van der Waals surface area contributed by atoms with Crippen LogP contribution in [-0.2, 0) is 0 Å². The second kappa shape index (κ2) is 5.02. The number of nitrogens with zero attached hydrogens (tertiary/aromatic N) is 1. The van der Waals surface area contributed by atoms with Crippen molar-refractivity contribution in [2.24, 2.45) is 0 Å². The van der Waals surface area contributed by atoms with Crippen LogP contribution in [0.25, 0.3) is 10.9 Å². The summed E-state index contributed by atoms with van der Waals surface area (Å²) in [5.41, 5.74) is 3.07. The minimum absolute atomic E-state index is 0.293. The van der Waals surface area contributed by atoms with Crippen molar-refractivity contribution < 1.29 is 9.50 Å². The van der Waals surface area contributed by atoms with Crippen molar-refractivity contribution in [1.82, 2.24) is 4.98 Å². The molecular weight excluding hydrogens is 253 g/mol. The minimum atomic E-state index is -0.788. The molecule has 0 aliphatic heterocycles. The monoisotopic (exact) mass is 267 g/mol. The fourth-order valence-electron chi connectivity index (χ4n) is 2.48. The lowest BCUT2D eigenvalue weighted by atomic mass is 9.95. The first kappa shape index (κ1) is 12.8. The van der Waals surface area contributed by atoms with Gasteiger partial charge in [0.05, 0.1) is 5.52 Å². The van der Waals surface area contributed by atoms with Crippen molar-refractivity contribution in [3.8, 4) is 0 Å². The molecular formula is C17H14FNO. The normalized spacial score (nSPS) is 12.6. The molecule has 1 atom stereocenters. The van der Waals surface area contributed by atoms with Gasteiger partial charge in [0.15, 0.2) is 0 Å². The third-order valence-electron chi connectivity index (χ3n) is 3.50. The van der Waals surface area contributed by atoms with Gasteiger partial charge < -0.3 is 5.11 Å². The fourth-order valence-corrected chi connectivity index (χ4v) is 2.48. The molecule has 0 fully saturated rings. The van der Waals surface area contributed by atoms with E-state index in [1.54, 1.807) is 19.2 Å². The molecule has 2 nitrogen and oxygen atoms in total. The number of hydrogen-bond donors (Lipinski definition) is 1. The third kappa shape index (κ3) is 2.17. The lowest BCUT2D eigenvalue weighted by Crippen LogP contribution is -2.03. The number of hydrogen-bond acceptors (Lipinski definition) is 2. The van der Waals surface area contributed by atoms with Crippen molar-refractivity contribution in [3.63, 3.8) is 0 Å². The summed E-state index contributed by atoms with van der Waals surface area (Å²) >= 11 is 0. The van der Waals surface area contributed by atoms with Crippen molar-refractivity contribution in [1.29, 1.82) is 0 Å². The Morgan fingerprint density at radius 2 is 1.90 bits per heavy atom. The molecule has 0 saturated carbocycles. The molecule has 1 unspecified atom stereocenters. The van der Waals surface area contributed by atoms with E-state index in [-0.39, 0.29) is 5.82 Å². The summed E-state index contributed by atoms with van der Waals surface area (Å²) in [4.78, 5) is 4.28. The van der Waals surface area contributed by atoms with Gasteiger partial charge in [0.25, 0.3) is 0 Å². The number of aromatic nitrogens is 1. The predicted octanol–water partition coefficient (Wildman–Crippen LogP) is 3.76. The molecule has 0 radical (unpaired) electrons. The maximum absolute atomic E-state index is 13.2. The molecule has 20 heavy (non-hydrogen) atoms. The first-order valence-electron chi connectivity index (χ1n) is 6.44. The largest absolute Gasteiger partial charge is 0.384 e. The van der Waals surface area contributed by atoms with Crippen LogP contribution in [0.2, 0.25) is 0 Å². The van der Waals surface area contributed by atoms with Crippen LogP contribution in [0.5, 0.6) is 0 Å². The van der Waals surface area contributed by atoms with Gasteiger partial charge in [-0.3, -0.25) is 4.98 Å². The standard InChI is InChI=1S/C17H14FNO/c1-11-10-12(18)7-8-13(11)17(20)15-4-2-6-16-14(15)5-3-9-19-16/h2-10,17,20H,1H3. The Morgan fingerprint density at radius 3 is 2.70 bits per heavy atom. The second-order valence-corrected chi connectivity index (χ2v) is 4.82. The van der Waals surface area contributed by atoms with Crippen molar-refractivity contribution in [2.75, 3.05) is 0 Å². The average molecular weight is 267 g/mol. The third-order valence-corrected chi connectivity index (χ3v) is 3.50. The number of aryl methyl sites for hydroxylation is 1. The van der Waals surface area contributed by atoms with Crippen LogP contribution in [-0.4, -0.2) is 10.1 Å². The molecule has 0 aliphatic rings. The lowest BCUT2D eigenvalue weighted by Gasteiger charge is -2.16. The van der Waals surface area contributed by atoms with E-state index >= 15 is 0 Å². The maximum Gasteiger partial charge on any atom is 0.123 e. The predicted molar refractivity (Wildman–Crippen MR) is 76.9 cm³/mol. The molecule has 1 N–H and O–H groups in total. The Hall–Kier alpha value is -2.26. The van der Waals surface area contributed by atoms with Gasteiger partial charge in [0.1, 0.15) is 11.9 Å². The molecule has 3 heteroatoms. The first-order valence-corrected chi connectivity index (χ1v) is 6.44. The van der Waals surface area contributed by atoms with Gasteiger partial charge in [-0.05, 0) is 47.9 Å². The van der Waals surface area contributed by atoms with Gasteiger partial charge >= 0.3 is 0 Å². The summed E-state index contributed by atoms with van der Waals surface area (Å²) in [6, 6.07) is 13.9. The van der Waals surface area contributed by atoms with Crippen molar-refractivity contribution in [3.05, 3.63) is 77.2 Å². The van der Waals surface area contributed by atoms with Gasteiger partial charge in [0.2, 0.25) is 0 Å². The Bertz CT molecular complexity index is 765. The van der Waals surface area contributed by atoms with Crippen LogP contribution in [0, 0.1) is 12.7 Å². The molecule has 3 aromatic rings.